The molecule has 4 N–H and O–H groups in total. The van der Waals surface area contributed by atoms with Crippen molar-refractivity contribution in [2.24, 2.45) is 11.3 Å². The summed E-state index contributed by atoms with van der Waals surface area (Å²) >= 11 is 0. The first-order chi connectivity index (χ1) is 24.2. The van der Waals surface area contributed by atoms with Crippen LogP contribution in [0.5, 0.6) is 0 Å². The molecule has 2 fully saturated rings. The van der Waals surface area contributed by atoms with Gasteiger partial charge in [-0.15, -0.1) is 6.58 Å². The van der Waals surface area contributed by atoms with Crippen molar-refractivity contribution in [1.82, 2.24) is 30.5 Å². The summed E-state index contributed by atoms with van der Waals surface area (Å²) in [5, 5.41) is 10.2. The fourth-order valence-electron chi connectivity index (χ4n) is 6.43. The Kier molecular flexibility index (Phi) is 16.3. The number of carbonyl (C=O) groups is 5. The van der Waals surface area contributed by atoms with Crippen LogP contribution in [-0.4, -0.2) is 122 Å². The maximum absolute atomic E-state index is 14.6. The Balaban J connectivity index is 2.47. The summed E-state index contributed by atoms with van der Waals surface area (Å²) in [6.45, 7) is 14.0. The first-order valence-electron chi connectivity index (χ1n) is 18.0. The van der Waals surface area contributed by atoms with Gasteiger partial charge in [-0.1, -0.05) is 46.1 Å². The topological polar surface area (TPSA) is 183 Å². The zero-order chi connectivity index (χ0) is 40.5. The Hall–Kier alpha value is -3.25. The number of ether oxygens (including phenoxy) is 1. The Morgan fingerprint density at radius 3 is 2.09 bits per heavy atom. The van der Waals surface area contributed by atoms with Crippen LogP contribution in [-0.2, 0) is 33.9 Å². The largest absolute Gasteiger partial charge is 0.389 e. The lowest BCUT2D eigenvalue weighted by molar-refractivity contribution is -0.147. The van der Waals surface area contributed by atoms with Gasteiger partial charge >= 0.3 is 12.2 Å². The van der Waals surface area contributed by atoms with Crippen LogP contribution in [0.3, 0.4) is 0 Å². The highest BCUT2D eigenvalue weighted by Crippen LogP contribution is 2.32. The Labute approximate surface area is 311 Å². The van der Waals surface area contributed by atoms with E-state index in [2.05, 4.69) is 27.8 Å². The number of hydrogen-bond donors (Lipinski definition) is 4. The van der Waals surface area contributed by atoms with Gasteiger partial charge in [-0.05, 0) is 51.4 Å². The number of likely N-dealkylation sites (tertiary alicyclic amines) is 1. The zero-order valence-corrected chi connectivity index (χ0v) is 33.0. The van der Waals surface area contributed by atoms with Gasteiger partial charge in [-0.2, -0.15) is 13.2 Å². The van der Waals surface area contributed by atoms with Gasteiger partial charge < -0.3 is 30.9 Å². The fourth-order valence-corrected chi connectivity index (χ4v) is 6.85. The van der Waals surface area contributed by atoms with Crippen LogP contribution >= 0.6 is 0 Å². The lowest BCUT2D eigenvalue weighted by Gasteiger charge is -2.37. The van der Waals surface area contributed by atoms with Crippen molar-refractivity contribution in [3.05, 3.63) is 12.7 Å². The van der Waals surface area contributed by atoms with Gasteiger partial charge in [0.1, 0.15) is 12.1 Å². The van der Waals surface area contributed by atoms with Crippen LogP contribution in [0.1, 0.15) is 92.9 Å². The molecular formula is C35H59F3N6O8S. The molecule has 1 heterocycles. The van der Waals surface area contributed by atoms with Gasteiger partial charge in [0, 0.05) is 45.6 Å². The molecule has 0 aromatic carbocycles. The molecule has 2 aliphatic rings. The number of urea groups is 1. The number of carbonyl (C=O) groups excluding carboxylic acids is 5. The summed E-state index contributed by atoms with van der Waals surface area (Å²) in [5.41, 5.74) is -1.31. The van der Waals surface area contributed by atoms with E-state index in [0.29, 0.717) is 12.8 Å². The van der Waals surface area contributed by atoms with Crippen molar-refractivity contribution in [3.8, 4) is 0 Å². The number of sulfonamides is 1. The van der Waals surface area contributed by atoms with E-state index in [1.165, 1.54) is 18.0 Å². The van der Waals surface area contributed by atoms with Gasteiger partial charge in [0.2, 0.25) is 27.6 Å². The van der Waals surface area contributed by atoms with Crippen LogP contribution < -0.4 is 21.3 Å². The SMILES string of the molecule is C=CCNC(=O)C(=O)C(CCC(F)(F)F)NC(=O)[C@@H]1C[C@@H](OC(C)(C)C)CN1C(=O)[C@@H](NC(=O)N[C@H](CN(C)S(C)(=O)=O)C(C)(C)C)C1CCCCC1. The quantitative estimate of drug-likeness (QED) is 0.136. The zero-order valence-electron chi connectivity index (χ0n) is 32.2. The van der Waals surface area contributed by atoms with Crippen molar-refractivity contribution in [2.45, 2.75) is 135 Å². The maximum atomic E-state index is 14.6. The Bertz CT molecular complexity index is 1420. The van der Waals surface area contributed by atoms with Crippen LogP contribution in [0.4, 0.5) is 18.0 Å². The molecule has 53 heavy (non-hydrogen) atoms. The highest BCUT2D eigenvalue weighted by molar-refractivity contribution is 7.88. The number of nitrogens with zero attached hydrogens (tertiary/aromatic N) is 2. The van der Waals surface area contributed by atoms with Crippen molar-refractivity contribution >= 4 is 39.6 Å². The summed E-state index contributed by atoms with van der Waals surface area (Å²) in [4.78, 5) is 68.8. The molecule has 0 spiro atoms. The molecule has 14 nitrogen and oxygen atoms in total. The molecule has 0 aromatic rings. The third-order valence-corrected chi connectivity index (χ3v) is 10.7. The number of halogens is 3. The highest BCUT2D eigenvalue weighted by atomic mass is 32.2. The van der Waals surface area contributed by atoms with Gasteiger partial charge in [0.15, 0.2) is 0 Å². The van der Waals surface area contributed by atoms with E-state index in [1.54, 1.807) is 20.8 Å². The molecule has 0 bridgehead atoms. The molecule has 5 atom stereocenters. The smallest absolute Gasteiger partial charge is 0.371 e. The predicted molar refractivity (Wildman–Crippen MR) is 193 cm³/mol. The maximum Gasteiger partial charge on any atom is 0.389 e. The molecule has 1 unspecified atom stereocenters. The number of nitrogens with one attached hydrogen (secondary N) is 4. The second-order valence-corrected chi connectivity index (χ2v) is 18.2. The molecule has 1 saturated carbocycles. The van der Waals surface area contributed by atoms with Crippen molar-refractivity contribution in [1.29, 1.82) is 0 Å². The number of rotatable bonds is 16. The van der Waals surface area contributed by atoms with E-state index in [0.717, 1.165) is 29.8 Å². The van der Waals surface area contributed by atoms with Gasteiger partial charge in [-0.25, -0.2) is 17.5 Å². The number of alkyl halides is 3. The average molecular weight is 781 g/mol. The second kappa shape index (κ2) is 18.9. The van der Waals surface area contributed by atoms with E-state index < -0.39 is 99.9 Å². The van der Waals surface area contributed by atoms with Crippen molar-refractivity contribution < 1.29 is 50.3 Å². The van der Waals surface area contributed by atoms with Gasteiger partial charge in [-0.3, -0.25) is 19.2 Å². The van der Waals surface area contributed by atoms with Crippen LogP contribution in [0.25, 0.3) is 0 Å². The van der Waals surface area contributed by atoms with E-state index in [-0.39, 0.29) is 32.0 Å². The standard InChI is InChI=1S/C35H59F3N6O8S/c1-10-18-39-30(47)28(45)24(16-17-35(36,37)38)40-29(46)25-19-23(52-34(5,6)7)20-44(25)31(48)27(22-14-12-11-13-15-22)42-32(49)41-26(33(2,3)4)21-43(8)53(9,50)51/h10,22-27H,1,11-21H2,2-9H3,(H,39,47)(H,40,46)(H2,41,42,49)/t23-,24?,25+,26-,27+/m1/s1. The van der Waals surface area contributed by atoms with Crippen molar-refractivity contribution in [3.63, 3.8) is 0 Å². The summed E-state index contributed by atoms with van der Waals surface area (Å²) in [7, 11) is -2.18. The Morgan fingerprint density at radius 1 is 0.981 bits per heavy atom. The second-order valence-electron chi connectivity index (χ2n) is 16.1. The molecule has 1 saturated heterocycles. The fraction of sp³-hybridized carbons (Fsp3) is 0.800. The van der Waals surface area contributed by atoms with Gasteiger partial charge in [0.05, 0.1) is 24.0 Å². The van der Waals surface area contributed by atoms with Gasteiger partial charge in [0.25, 0.3) is 5.91 Å². The Morgan fingerprint density at radius 2 is 1.58 bits per heavy atom. The third kappa shape index (κ3) is 15.2. The monoisotopic (exact) mass is 780 g/mol. The van der Waals surface area contributed by atoms with Crippen LogP contribution in [0, 0.1) is 11.3 Å². The van der Waals surface area contributed by atoms with Crippen LogP contribution in [0.15, 0.2) is 12.7 Å². The van der Waals surface area contributed by atoms with E-state index in [1.807, 2.05) is 20.8 Å². The third-order valence-electron chi connectivity index (χ3n) is 9.38. The number of Topliss-reactive ketones (excluding diaryl/α,β-unsaturated/α-hetero) is 1. The van der Waals surface area contributed by atoms with E-state index in [9.17, 15) is 45.6 Å². The number of hydrogen-bond acceptors (Lipinski definition) is 8. The minimum Gasteiger partial charge on any atom is -0.371 e. The first-order valence-corrected chi connectivity index (χ1v) is 19.8. The molecular weight excluding hydrogens is 721 g/mol. The molecule has 1 aliphatic carbocycles. The minimum atomic E-state index is -4.69. The molecule has 0 radical (unpaired) electrons. The normalized spacial score (nSPS) is 20.6. The number of likely N-dealkylation sites (N-methyl/N-ethyl adjacent to an activating group) is 1. The van der Waals surface area contributed by atoms with E-state index in [4.69, 9.17) is 4.74 Å². The molecule has 5 amide bonds. The summed E-state index contributed by atoms with van der Waals surface area (Å²) < 4.78 is 71.3. The molecule has 1 aliphatic heterocycles. The molecule has 0 aromatic heterocycles. The first kappa shape index (κ1) is 45.9. The predicted octanol–water partition coefficient (Wildman–Crippen LogP) is 3.02. The van der Waals surface area contributed by atoms with Crippen LogP contribution in [0.2, 0.25) is 0 Å². The lowest BCUT2D eigenvalue weighted by Crippen LogP contribution is -2.60. The highest BCUT2D eigenvalue weighted by Gasteiger charge is 2.46. The summed E-state index contributed by atoms with van der Waals surface area (Å²) in [5.74, 6) is -4.37. The molecule has 304 valence electrons. The number of amides is 5. The molecule has 18 heteroatoms. The minimum absolute atomic E-state index is 0.0438. The lowest BCUT2D eigenvalue weighted by atomic mass is 9.83. The van der Waals surface area contributed by atoms with E-state index >= 15 is 0 Å². The number of ketones is 1. The summed E-state index contributed by atoms with van der Waals surface area (Å²) in [6.07, 6.45) is -1.78. The average Bonchev–Trinajstić information content (AvgIpc) is 3.44. The summed E-state index contributed by atoms with van der Waals surface area (Å²) in [6, 6.07) is -5.67. The molecule has 2 rings (SSSR count). The van der Waals surface area contributed by atoms with Crippen molar-refractivity contribution in [2.75, 3.05) is 32.9 Å².